The summed E-state index contributed by atoms with van der Waals surface area (Å²) in [6, 6.07) is 8.63. The van der Waals surface area contributed by atoms with Gasteiger partial charge in [-0.3, -0.25) is 4.79 Å². The van der Waals surface area contributed by atoms with Gasteiger partial charge in [-0.05, 0) is 24.8 Å². The van der Waals surface area contributed by atoms with Crippen LogP contribution in [0, 0.1) is 5.92 Å². The molecule has 0 heterocycles. The Balaban J connectivity index is 1.96. The highest BCUT2D eigenvalue weighted by Crippen LogP contribution is 2.33. The molecule has 19 heavy (non-hydrogen) atoms. The van der Waals surface area contributed by atoms with Crippen LogP contribution in [0.3, 0.4) is 0 Å². The summed E-state index contributed by atoms with van der Waals surface area (Å²) >= 11 is 0. The number of aliphatic carboxylic acids is 1. The van der Waals surface area contributed by atoms with Gasteiger partial charge in [0.2, 0.25) is 5.91 Å². The van der Waals surface area contributed by atoms with Crippen LogP contribution >= 0.6 is 0 Å². The topological polar surface area (TPSA) is 66.4 Å². The van der Waals surface area contributed by atoms with E-state index in [0.717, 1.165) is 18.4 Å². The molecule has 0 saturated heterocycles. The highest BCUT2D eigenvalue weighted by molar-refractivity contribution is 5.87. The summed E-state index contributed by atoms with van der Waals surface area (Å²) in [5.41, 5.74) is 0.899. The number of carbonyl (C=O) groups is 2. The Morgan fingerprint density at radius 2 is 1.95 bits per heavy atom. The number of hydrogen-bond acceptors (Lipinski definition) is 2. The van der Waals surface area contributed by atoms with Crippen LogP contribution in [0.5, 0.6) is 0 Å². The zero-order valence-corrected chi connectivity index (χ0v) is 11.0. The molecule has 0 radical (unpaired) electrons. The SMILES string of the molecule is C[C@H](C(=O)NC(CC1CC1)C(=O)O)c1ccccc1. The van der Waals surface area contributed by atoms with E-state index in [2.05, 4.69) is 5.32 Å². The molecule has 4 nitrogen and oxygen atoms in total. The predicted molar refractivity (Wildman–Crippen MR) is 71.8 cm³/mol. The van der Waals surface area contributed by atoms with Crippen molar-refractivity contribution in [3.05, 3.63) is 35.9 Å². The van der Waals surface area contributed by atoms with E-state index in [-0.39, 0.29) is 11.8 Å². The lowest BCUT2D eigenvalue weighted by atomic mass is 9.99. The van der Waals surface area contributed by atoms with Crippen LogP contribution in [-0.4, -0.2) is 23.0 Å². The molecule has 1 aliphatic rings. The number of carbonyl (C=O) groups excluding carboxylic acids is 1. The van der Waals surface area contributed by atoms with Gasteiger partial charge in [-0.1, -0.05) is 43.2 Å². The second kappa shape index (κ2) is 5.87. The first kappa shape index (κ1) is 13.6. The highest BCUT2D eigenvalue weighted by atomic mass is 16.4. The van der Waals surface area contributed by atoms with E-state index in [0.29, 0.717) is 12.3 Å². The van der Waals surface area contributed by atoms with Crippen molar-refractivity contribution in [2.75, 3.05) is 0 Å². The smallest absolute Gasteiger partial charge is 0.326 e. The van der Waals surface area contributed by atoms with Crippen LogP contribution in [0.15, 0.2) is 30.3 Å². The lowest BCUT2D eigenvalue weighted by molar-refractivity contribution is -0.142. The van der Waals surface area contributed by atoms with Gasteiger partial charge in [0.15, 0.2) is 0 Å². The second-order valence-corrected chi connectivity index (χ2v) is 5.21. The second-order valence-electron chi connectivity index (χ2n) is 5.21. The third-order valence-electron chi connectivity index (χ3n) is 3.57. The minimum absolute atomic E-state index is 0.223. The maximum absolute atomic E-state index is 12.1. The largest absolute Gasteiger partial charge is 0.480 e. The Morgan fingerprint density at radius 1 is 1.32 bits per heavy atom. The number of rotatable bonds is 6. The molecule has 1 fully saturated rings. The minimum Gasteiger partial charge on any atom is -0.480 e. The third-order valence-corrected chi connectivity index (χ3v) is 3.57. The van der Waals surface area contributed by atoms with E-state index in [9.17, 15) is 9.59 Å². The first-order chi connectivity index (χ1) is 9.08. The van der Waals surface area contributed by atoms with Crippen molar-refractivity contribution >= 4 is 11.9 Å². The van der Waals surface area contributed by atoms with Crippen LogP contribution in [0.25, 0.3) is 0 Å². The standard InChI is InChI=1S/C15H19NO3/c1-10(12-5-3-2-4-6-12)14(17)16-13(15(18)19)9-11-7-8-11/h2-6,10-11,13H,7-9H2,1H3,(H,16,17)(H,18,19)/t10-,13?/m0/s1. The molecule has 2 atom stereocenters. The minimum atomic E-state index is -0.944. The fourth-order valence-corrected chi connectivity index (χ4v) is 2.10. The van der Waals surface area contributed by atoms with E-state index in [1.807, 2.05) is 30.3 Å². The molecule has 0 aliphatic heterocycles. The van der Waals surface area contributed by atoms with Crippen molar-refractivity contribution in [1.29, 1.82) is 0 Å². The molecule has 102 valence electrons. The predicted octanol–water partition coefficient (Wildman–Crippen LogP) is 2.16. The number of benzene rings is 1. The summed E-state index contributed by atoms with van der Waals surface area (Å²) in [7, 11) is 0. The van der Waals surface area contributed by atoms with Crippen LogP contribution in [0.1, 0.15) is 37.7 Å². The molecular formula is C15H19NO3. The fraction of sp³-hybridized carbons (Fsp3) is 0.467. The highest BCUT2D eigenvalue weighted by Gasteiger charge is 2.31. The van der Waals surface area contributed by atoms with E-state index in [1.165, 1.54) is 0 Å². The molecule has 1 amide bonds. The van der Waals surface area contributed by atoms with E-state index < -0.39 is 12.0 Å². The molecule has 2 rings (SSSR count). The summed E-state index contributed by atoms with van der Waals surface area (Å²) in [6.45, 7) is 1.79. The summed E-state index contributed by atoms with van der Waals surface area (Å²) < 4.78 is 0. The van der Waals surface area contributed by atoms with Gasteiger partial charge in [0.05, 0.1) is 5.92 Å². The summed E-state index contributed by atoms with van der Waals surface area (Å²) in [5, 5.41) is 11.8. The number of nitrogens with one attached hydrogen (secondary N) is 1. The average Bonchev–Trinajstić information content (AvgIpc) is 3.22. The molecule has 1 saturated carbocycles. The molecule has 1 aromatic rings. The van der Waals surface area contributed by atoms with Crippen molar-refractivity contribution < 1.29 is 14.7 Å². The molecule has 2 N–H and O–H groups in total. The van der Waals surface area contributed by atoms with Gasteiger partial charge in [-0.2, -0.15) is 0 Å². The van der Waals surface area contributed by atoms with Gasteiger partial charge in [0.1, 0.15) is 6.04 Å². The molecule has 1 unspecified atom stereocenters. The normalized spacial score (nSPS) is 17.5. The van der Waals surface area contributed by atoms with Crippen molar-refractivity contribution in [3.63, 3.8) is 0 Å². The monoisotopic (exact) mass is 261 g/mol. The maximum atomic E-state index is 12.1. The summed E-state index contributed by atoms with van der Waals surface area (Å²) in [4.78, 5) is 23.2. The van der Waals surface area contributed by atoms with Crippen LogP contribution < -0.4 is 5.32 Å². The van der Waals surface area contributed by atoms with E-state index in [4.69, 9.17) is 5.11 Å². The number of carboxylic acid groups (broad SMARTS) is 1. The third kappa shape index (κ3) is 3.81. The Labute approximate surface area is 112 Å². The van der Waals surface area contributed by atoms with E-state index >= 15 is 0 Å². The molecule has 1 aromatic carbocycles. The number of hydrogen-bond donors (Lipinski definition) is 2. The number of carboxylic acids is 1. The Kier molecular flexibility index (Phi) is 4.20. The first-order valence-corrected chi connectivity index (χ1v) is 6.66. The van der Waals surface area contributed by atoms with Crippen molar-refractivity contribution in [2.24, 2.45) is 5.92 Å². The zero-order chi connectivity index (χ0) is 13.8. The summed E-state index contributed by atoms with van der Waals surface area (Å²) in [5.74, 6) is -1.03. The quantitative estimate of drug-likeness (QED) is 0.824. The molecule has 4 heteroatoms. The van der Waals surface area contributed by atoms with Crippen LogP contribution in [0.2, 0.25) is 0 Å². The van der Waals surface area contributed by atoms with E-state index in [1.54, 1.807) is 6.92 Å². The number of amides is 1. The maximum Gasteiger partial charge on any atom is 0.326 e. The Bertz CT molecular complexity index is 454. The van der Waals surface area contributed by atoms with Gasteiger partial charge < -0.3 is 10.4 Å². The summed E-state index contributed by atoms with van der Waals surface area (Å²) in [6.07, 6.45) is 2.70. The molecular weight excluding hydrogens is 242 g/mol. The van der Waals surface area contributed by atoms with Gasteiger partial charge in [0.25, 0.3) is 0 Å². The van der Waals surface area contributed by atoms with Crippen molar-refractivity contribution in [1.82, 2.24) is 5.32 Å². The lowest BCUT2D eigenvalue weighted by Gasteiger charge is -2.18. The molecule has 0 spiro atoms. The van der Waals surface area contributed by atoms with Crippen LogP contribution in [0.4, 0.5) is 0 Å². The molecule has 0 bridgehead atoms. The fourth-order valence-electron chi connectivity index (χ4n) is 2.10. The van der Waals surface area contributed by atoms with Gasteiger partial charge in [0, 0.05) is 0 Å². The first-order valence-electron chi connectivity index (χ1n) is 6.66. The Morgan fingerprint density at radius 3 is 2.47 bits per heavy atom. The van der Waals surface area contributed by atoms with Gasteiger partial charge in [-0.25, -0.2) is 4.79 Å². The van der Waals surface area contributed by atoms with Crippen LogP contribution in [-0.2, 0) is 9.59 Å². The van der Waals surface area contributed by atoms with Crippen molar-refractivity contribution in [3.8, 4) is 0 Å². The molecule has 1 aliphatic carbocycles. The average molecular weight is 261 g/mol. The van der Waals surface area contributed by atoms with Gasteiger partial charge >= 0.3 is 5.97 Å². The zero-order valence-electron chi connectivity index (χ0n) is 11.0. The van der Waals surface area contributed by atoms with Gasteiger partial charge in [-0.15, -0.1) is 0 Å². The van der Waals surface area contributed by atoms with Crippen molar-refractivity contribution in [2.45, 2.75) is 38.1 Å². The Hall–Kier alpha value is -1.84. The lowest BCUT2D eigenvalue weighted by Crippen LogP contribution is -2.42. The molecule has 0 aromatic heterocycles.